The molecular weight excluding hydrogens is 322 g/mol. The Morgan fingerprint density at radius 1 is 1.33 bits per heavy atom. The molecule has 0 amide bonds. The molecule has 1 heterocycles. The van der Waals surface area contributed by atoms with Crippen molar-refractivity contribution in [1.29, 1.82) is 0 Å². The number of hydrogen-bond acceptors (Lipinski definition) is 1. The van der Waals surface area contributed by atoms with Crippen LogP contribution in [0.5, 0.6) is 0 Å². The van der Waals surface area contributed by atoms with Gasteiger partial charge >= 0.3 is 0 Å². The molecule has 0 aliphatic carbocycles. The summed E-state index contributed by atoms with van der Waals surface area (Å²) in [5.41, 5.74) is 0. The van der Waals surface area contributed by atoms with Crippen LogP contribution in [-0.2, 0) is 6.54 Å². The summed E-state index contributed by atoms with van der Waals surface area (Å²) >= 11 is 2.55. The summed E-state index contributed by atoms with van der Waals surface area (Å²) in [7, 11) is 0. The van der Waals surface area contributed by atoms with E-state index in [1.165, 1.54) is 32.1 Å². The largest absolute Gasteiger partial charge is 0.336 e. The second-order valence-electron chi connectivity index (χ2n) is 3.71. The van der Waals surface area contributed by atoms with Crippen LogP contribution >= 0.6 is 35.0 Å². The summed E-state index contributed by atoms with van der Waals surface area (Å²) in [5.74, 6) is 0. The summed E-state index contributed by atoms with van der Waals surface area (Å²) in [4.78, 5) is 4.04. The van der Waals surface area contributed by atoms with Crippen LogP contribution < -0.4 is 0 Å². The summed E-state index contributed by atoms with van der Waals surface area (Å²) in [6.45, 7) is 3.36. The number of unbranched alkanes of at least 4 members (excludes halogenated alkanes) is 3. The van der Waals surface area contributed by atoms with Gasteiger partial charge in [0.05, 0.1) is 6.33 Å². The number of alkyl halides is 1. The maximum Gasteiger partial charge on any atom is 0.0946 e. The molecule has 4 heteroatoms. The molecule has 0 saturated heterocycles. The van der Waals surface area contributed by atoms with Crippen LogP contribution in [0.1, 0.15) is 39.0 Å². The molecule has 1 unspecified atom stereocenters. The first kappa shape index (κ1) is 15.2. The molecule has 88 valence electrons. The predicted octanol–water partition coefficient (Wildman–Crippen LogP) is 4.08. The fourth-order valence-corrected chi connectivity index (χ4v) is 2.40. The van der Waals surface area contributed by atoms with E-state index in [9.17, 15) is 0 Å². The average Bonchev–Trinajstić information content (AvgIpc) is 2.65. The summed E-state index contributed by atoms with van der Waals surface area (Å²) in [6, 6.07) is 0. The van der Waals surface area contributed by atoms with E-state index < -0.39 is 0 Å². The maximum absolute atomic E-state index is 4.04. The van der Waals surface area contributed by atoms with Crippen molar-refractivity contribution in [2.24, 2.45) is 0 Å². The third-order valence-corrected chi connectivity index (χ3v) is 3.36. The Kier molecular flexibility index (Phi) is 9.60. The van der Waals surface area contributed by atoms with Gasteiger partial charge in [0.25, 0.3) is 0 Å². The van der Waals surface area contributed by atoms with Crippen LogP contribution in [0.4, 0.5) is 0 Å². The lowest BCUT2D eigenvalue weighted by Gasteiger charge is -2.09. The van der Waals surface area contributed by atoms with Gasteiger partial charge in [-0.2, -0.15) is 0 Å². The van der Waals surface area contributed by atoms with Crippen molar-refractivity contribution in [2.75, 3.05) is 0 Å². The van der Waals surface area contributed by atoms with Crippen molar-refractivity contribution in [1.82, 2.24) is 9.55 Å². The first-order valence-corrected chi connectivity index (χ1v) is 6.67. The van der Waals surface area contributed by atoms with Gasteiger partial charge in [-0.1, -0.05) is 55.2 Å². The van der Waals surface area contributed by atoms with E-state index in [1.807, 2.05) is 18.7 Å². The fourth-order valence-electron chi connectivity index (χ4n) is 1.51. The molecule has 1 aromatic heterocycles. The van der Waals surface area contributed by atoms with Crippen molar-refractivity contribution >= 4 is 35.0 Å². The number of halogens is 2. The maximum atomic E-state index is 4.04. The number of rotatable bonds is 7. The molecule has 0 N–H and O–H groups in total. The van der Waals surface area contributed by atoms with Gasteiger partial charge in [0.2, 0.25) is 0 Å². The lowest BCUT2D eigenvalue weighted by molar-refractivity contribution is 0.581. The van der Waals surface area contributed by atoms with Crippen molar-refractivity contribution in [3.05, 3.63) is 18.7 Å². The lowest BCUT2D eigenvalue weighted by atomic mass is 10.1. The van der Waals surface area contributed by atoms with E-state index in [0.717, 1.165) is 10.5 Å². The topological polar surface area (TPSA) is 17.8 Å². The van der Waals surface area contributed by atoms with Crippen LogP contribution in [0.25, 0.3) is 0 Å². The van der Waals surface area contributed by atoms with Crippen LogP contribution in [0.3, 0.4) is 0 Å². The SMILES string of the molecule is CCCCCCC(I)Cn1ccnc1.Cl. The van der Waals surface area contributed by atoms with E-state index in [4.69, 9.17) is 0 Å². The number of imidazole rings is 1. The molecule has 1 aromatic rings. The first-order chi connectivity index (χ1) is 6.83. The van der Waals surface area contributed by atoms with Crippen LogP contribution in [0.2, 0.25) is 0 Å². The smallest absolute Gasteiger partial charge is 0.0946 e. The molecule has 1 rings (SSSR count). The van der Waals surface area contributed by atoms with E-state index in [0.29, 0.717) is 0 Å². The van der Waals surface area contributed by atoms with Gasteiger partial charge in [-0.15, -0.1) is 12.4 Å². The van der Waals surface area contributed by atoms with Crippen LogP contribution in [0, 0.1) is 0 Å². The molecule has 0 aromatic carbocycles. The van der Waals surface area contributed by atoms with Crippen LogP contribution in [0.15, 0.2) is 18.7 Å². The van der Waals surface area contributed by atoms with Gasteiger partial charge < -0.3 is 4.57 Å². The molecule has 0 saturated carbocycles. The van der Waals surface area contributed by atoms with E-state index in [1.54, 1.807) is 0 Å². The van der Waals surface area contributed by atoms with Gasteiger partial charge in [0.1, 0.15) is 0 Å². The van der Waals surface area contributed by atoms with Gasteiger partial charge in [-0.3, -0.25) is 0 Å². The number of nitrogens with zero attached hydrogens (tertiary/aromatic N) is 2. The minimum absolute atomic E-state index is 0. The standard InChI is InChI=1S/C11H19IN2.ClH/c1-2-3-4-5-6-11(12)9-14-8-7-13-10-14;/h7-8,10-11H,2-6,9H2,1H3;1H. The van der Waals surface area contributed by atoms with Gasteiger partial charge in [0.15, 0.2) is 0 Å². The summed E-state index contributed by atoms with van der Waals surface area (Å²) < 4.78 is 2.91. The Hall–Kier alpha value is 0.230. The monoisotopic (exact) mass is 342 g/mol. The molecule has 0 bridgehead atoms. The highest BCUT2D eigenvalue weighted by Crippen LogP contribution is 2.14. The fraction of sp³-hybridized carbons (Fsp3) is 0.727. The molecule has 15 heavy (non-hydrogen) atoms. The second kappa shape index (κ2) is 9.46. The van der Waals surface area contributed by atoms with Gasteiger partial charge in [-0.25, -0.2) is 4.98 Å². The summed E-state index contributed by atoms with van der Waals surface area (Å²) in [5, 5.41) is 0. The Morgan fingerprint density at radius 3 is 2.73 bits per heavy atom. The van der Waals surface area contributed by atoms with Gasteiger partial charge in [0, 0.05) is 22.9 Å². The van der Waals surface area contributed by atoms with E-state index in [-0.39, 0.29) is 12.4 Å². The molecular formula is C11H20ClIN2. The summed E-state index contributed by atoms with van der Waals surface area (Å²) in [6.07, 6.45) is 12.6. The zero-order valence-electron chi connectivity index (χ0n) is 9.23. The molecule has 0 aliphatic rings. The Balaban J connectivity index is 0.00000196. The van der Waals surface area contributed by atoms with Crippen molar-refractivity contribution in [2.45, 2.75) is 49.5 Å². The minimum Gasteiger partial charge on any atom is -0.336 e. The highest BCUT2D eigenvalue weighted by atomic mass is 127. The molecule has 0 aliphatic heterocycles. The van der Waals surface area contributed by atoms with Crippen molar-refractivity contribution < 1.29 is 0 Å². The third-order valence-electron chi connectivity index (χ3n) is 2.34. The van der Waals surface area contributed by atoms with Crippen molar-refractivity contribution in [3.63, 3.8) is 0 Å². The highest BCUT2D eigenvalue weighted by molar-refractivity contribution is 14.1. The molecule has 1 atom stereocenters. The molecule has 0 fully saturated rings. The Bertz CT molecular complexity index is 227. The molecule has 0 spiro atoms. The van der Waals surface area contributed by atoms with E-state index in [2.05, 4.69) is 39.1 Å². The van der Waals surface area contributed by atoms with Crippen LogP contribution in [-0.4, -0.2) is 13.5 Å². The van der Waals surface area contributed by atoms with E-state index >= 15 is 0 Å². The zero-order valence-corrected chi connectivity index (χ0v) is 12.2. The third kappa shape index (κ3) is 7.17. The van der Waals surface area contributed by atoms with Gasteiger partial charge in [-0.05, 0) is 6.42 Å². The predicted molar refractivity (Wildman–Crippen MR) is 76.0 cm³/mol. The number of aromatic nitrogens is 2. The van der Waals surface area contributed by atoms with Crippen molar-refractivity contribution in [3.8, 4) is 0 Å². The zero-order chi connectivity index (χ0) is 10.2. The highest BCUT2D eigenvalue weighted by Gasteiger charge is 2.03. The normalized spacial score (nSPS) is 12.1. The minimum atomic E-state index is 0. The first-order valence-electron chi connectivity index (χ1n) is 5.42. The Labute approximate surface area is 112 Å². The molecule has 0 radical (unpaired) electrons. The Morgan fingerprint density at radius 2 is 2.13 bits per heavy atom. The average molecular weight is 343 g/mol. The quantitative estimate of drug-likeness (QED) is 0.415. The number of hydrogen-bond donors (Lipinski definition) is 0. The molecule has 2 nitrogen and oxygen atoms in total. The lowest BCUT2D eigenvalue weighted by Crippen LogP contribution is -2.08. The second-order valence-corrected chi connectivity index (χ2v) is 5.47.